The molecule has 10 heavy (non-hydrogen) atoms. The van der Waals surface area contributed by atoms with Crippen LogP contribution in [0.1, 0.15) is 33.1 Å². The molecule has 1 rings (SSSR count). The van der Waals surface area contributed by atoms with Gasteiger partial charge in [-0.2, -0.15) is 0 Å². The zero-order valence-corrected chi connectivity index (χ0v) is 7.02. The number of hydrogen-bond donors (Lipinski definition) is 0. The standard InChI is InChI=1S/C9H17O/c1-9(2,3)10-7-6-8-4-5-8/h8H,1,4-7H2,2-3H3. The molecule has 0 amide bonds. The molecule has 1 radical (unpaired) electrons. The highest BCUT2D eigenvalue weighted by Gasteiger charge is 2.21. The Morgan fingerprint density at radius 1 is 1.50 bits per heavy atom. The fraction of sp³-hybridized carbons (Fsp3) is 0.889. The largest absolute Gasteiger partial charge is 0.376 e. The average Bonchev–Trinajstić information content (AvgIpc) is 2.45. The molecule has 0 unspecified atom stereocenters. The van der Waals surface area contributed by atoms with Gasteiger partial charge in [0, 0.05) is 6.61 Å². The van der Waals surface area contributed by atoms with E-state index in [0.29, 0.717) is 0 Å². The van der Waals surface area contributed by atoms with Gasteiger partial charge in [-0.1, -0.05) is 12.8 Å². The van der Waals surface area contributed by atoms with Crippen LogP contribution in [0, 0.1) is 12.8 Å². The molecule has 0 bridgehead atoms. The van der Waals surface area contributed by atoms with Gasteiger partial charge in [0.1, 0.15) is 0 Å². The van der Waals surface area contributed by atoms with Crippen molar-refractivity contribution >= 4 is 0 Å². The third-order valence-electron chi connectivity index (χ3n) is 1.72. The Hall–Kier alpha value is -0.0400. The van der Waals surface area contributed by atoms with Crippen molar-refractivity contribution in [3.8, 4) is 0 Å². The van der Waals surface area contributed by atoms with Crippen molar-refractivity contribution in [1.82, 2.24) is 0 Å². The summed E-state index contributed by atoms with van der Waals surface area (Å²) in [7, 11) is 0. The Labute approximate surface area is 63.8 Å². The molecule has 1 heteroatoms. The van der Waals surface area contributed by atoms with Crippen molar-refractivity contribution in [2.45, 2.75) is 38.7 Å². The maximum Gasteiger partial charge on any atom is 0.0627 e. The smallest absolute Gasteiger partial charge is 0.0627 e. The van der Waals surface area contributed by atoms with Crippen LogP contribution in [0.4, 0.5) is 0 Å². The molecule has 59 valence electrons. The van der Waals surface area contributed by atoms with E-state index in [1.807, 2.05) is 13.8 Å². The van der Waals surface area contributed by atoms with E-state index in [9.17, 15) is 0 Å². The summed E-state index contributed by atoms with van der Waals surface area (Å²) < 4.78 is 5.47. The highest BCUT2D eigenvalue weighted by Crippen LogP contribution is 2.32. The molecule has 0 N–H and O–H groups in total. The molecule has 0 aromatic carbocycles. The van der Waals surface area contributed by atoms with Crippen molar-refractivity contribution < 1.29 is 4.74 Å². The van der Waals surface area contributed by atoms with Crippen LogP contribution in [-0.2, 0) is 4.74 Å². The minimum atomic E-state index is -0.186. The zero-order valence-electron chi connectivity index (χ0n) is 7.02. The molecule has 0 aromatic rings. The van der Waals surface area contributed by atoms with Gasteiger partial charge < -0.3 is 4.74 Å². The van der Waals surface area contributed by atoms with Gasteiger partial charge >= 0.3 is 0 Å². The van der Waals surface area contributed by atoms with E-state index >= 15 is 0 Å². The minimum Gasteiger partial charge on any atom is -0.376 e. The molecule has 0 saturated heterocycles. The van der Waals surface area contributed by atoms with Crippen LogP contribution in [0.25, 0.3) is 0 Å². The van der Waals surface area contributed by atoms with Crippen LogP contribution in [0.5, 0.6) is 0 Å². The first kappa shape index (κ1) is 8.06. The Morgan fingerprint density at radius 2 is 2.10 bits per heavy atom. The third kappa shape index (κ3) is 3.89. The number of rotatable bonds is 4. The summed E-state index contributed by atoms with van der Waals surface area (Å²) in [5.41, 5.74) is -0.186. The Kier molecular flexibility index (Phi) is 2.35. The second kappa shape index (κ2) is 2.91. The molecule has 0 aromatic heterocycles. The van der Waals surface area contributed by atoms with Crippen LogP contribution in [-0.4, -0.2) is 12.2 Å². The molecule has 1 nitrogen and oxygen atoms in total. The van der Waals surface area contributed by atoms with Crippen LogP contribution >= 0.6 is 0 Å². The fourth-order valence-electron chi connectivity index (χ4n) is 0.908. The Balaban J connectivity index is 1.93. The van der Waals surface area contributed by atoms with E-state index in [4.69, 9.17) is 4.74 Å². The van der Waals surface area contributed by atoms with Crippen molar-refractivity contribution in [3.63, 3.8) is 0 Å². The number of hydrogen-bond acceptors (Lipinski definition) is 1. The minimum absolute atomic E-state index is 0.186. The fourth-order valence-corrected chi connectivity index (χ4v) is 0.908. The van der Waals surface area contributed by atoms with Crippen LogP contribution in [0.2, 0.25) is 0 Å². The van der Waals surface area contributed by atoms with E-state index in [1.165, 1.54) is 19.3 Å². The predicted octanol–water partition coefficient (Wildman–Crippen LogP) is 2.42. The molecule has 0 spiro atoms. The maximum atomic E-state index is 5.47. The lowest BCUT2D eigenvalue weighted by Gasteiger charge is -2.18. The van der Waals surface area contributed by atoms with Crippen LogP contribution in [0.15, 0.2) is 0 Å². The predicted molar refractivity (Wildman–Crippen MR) is 42.7 cm³/mol. The van der Waals surface area contributed by atoms with Crippen molar-refractivity contribution in [2.24, 2.45) is 5.92 Å². The summed E-state index contributed by atoms with van der Waals surface area (Å²) in [6.07, 6.45) is 4.07. The van der Waals surface area contributed by atoms with Crippen molar-refractivity contribution in [3.05, 3.63) is 6.92 Å². The third-order valence-corrected chi connectivity index (χ3v) is 1.72. The van der Waals surface area contributed by atoms with E-state index in [-0.39, 0.29) is 5.60 Å². The summed E-state index contributed by atoms with van der Waals surface area (Å²) in [4.78, 5) is 0. The van der Waals surface area contributed by atoms with E-state index < -0.39 is 0 Å². The maximum absolute atomic E-state index is 5.47. The second-order valence-electron chi connectivity index (χ2n) is 3.84. The molecule has 1 saturated carbocycles. The van der Waals surface area contributed by atoms with Gasteiger partial charge in [0.05, 0.1) is 5.60 Å². The second-order valence-corrected chi connectivity index (χ2v) is 3.84. The van der Waals surface area contributed by atoms with E-state index in [0.717, 1.165) is 12.5 Å². The summed E-state index contributed by atoms with van der Waals surface area (Å²) in [5.74, 6) is 0.974. The average molecular weight is 141 g/mol. The molecule has 0 heterocycles. The van der Waals surface area contributed by atoms with Crippen LogP contribution in [0.3, 0.4) is 0 Å². The number of ether oxygens (including phenoxy) is 1. The van der Waals surface area contributed by atoms with Crippen LogP contribution < -0.4 is 0 Å². The normalized spacial score (nSPS) is 19.5. The van der Waals surface area contributed by atoms with Crippen molar-refractivity contribution in [2.75, 3.05) is 6.61 Å². The molecule has 1 aliphatic carbocycles. The monoisotopic (exact) mass is 141 g/mol. The zero-order chi connectivity index (χ0) is 7.61. The lowest BCUT2D eigenvalue weighted by Crippen LogP contribution is -2.20. The van der Waals surface area contributed by atoms with Gasteiger partial charge in [-0.3, -0.25) is 0 Å². The highest BCUT2D eigenvalue weighted by molar-refractivity contribution is 4.75. The topological polar surface area (TPSA) is 9.23 Å². The quantitative estimate of drug-likeness (QED) is 0.584. The summed E-state index contributed by atoms with van der Waals surface area (Å²) in [6, 6.07) is 0. The van der Waals surface area contributed by atoms with Gasteiger partial charge in [0.2, 0.25) is 0 Å². The Bertz CT molecular complexity index is 97.8. The highest BCUT2D eigenvalue weighted by atomic mass is 16.5. The van der Waals surface area contributed by atoms with Gasteiger partial charge in [-0.05, 0) is 33.1 Å². The lowest BCUT2D eigenvalue weighted by atomic mass is 10.2. The first-order valence-electron chi connectivity index (χ1n) is 4.07. The summed E-state index contributed by atoms with van der Waals surface area (Å²) in [6.45, 7) is 8.76. The summed E-state index contributed by atoms with van der Waals surface area (Å²) >= 11 is 0. The lowest BCUT2D eigenvalue weighted by molar-refractivity contribution is 0.0141. The molecule has 0 atom stereocenters. The summed E-state index contributed by atoms with van der Waals surface area (Å²) in [5, 5.41) is 0. The molecule has 0 aliphatic heterocycles. The molecule has 1 aliphatic rings. The first-order valence-corrected chi connectivity index (χ1v) is 4.07. The van der Waals surface area contributed by atoms with Gasteiger partial charge in [0.15, 0.2) is 0 Å². The van der Waals surface area contributed by atoms with Gasteiger partial charge in [-0.15, -0.1) is 0 Å². The van der Waals surface area contributed by atoms with E-state index in [2.05, 4.69) is 6.92 Å². The van der Waals surface area contributed by atoms with E-state index in [1.54, 1.807) is 0 Å². The molecular weight excluding hydrogens is 124 g/mol. The molecular formula is C9H17O. The SMILES string of the molecule is [CH2]C(C)(C)OCCC1CC1. The Morgan fingerprint density at radius 3 is 2.50 bits per heavy atom. The first-order chi connectivity index (χ1) is 4.58. The van der Waals surface area contributed by atoms with Gasteiger partial charge in [-0.25, -0.2) is 0 Å². The van der Waals surface area contributed by atoms with Crippen molar-refractivity contribution in [1.29, 1.82) is 0 Å². The van der Waals surface area contributed by atoms with Gasteiger partial charge in [0.25, 0.3) is 0 Å². The molecule has 1 fully saturated rings.